The first-order chi connectivity index (χ1) is 14.1. The molecule has 2 aliphatic heterocycles. The number of aromatic nitrogens is 2. The van der Waals surface area contributed by atoms with E-state index >= 15 is 0 Å². The Morgan fingerprint density at radius 1 is 0.931 bits per heavy atom. The Morgan fingerprint density at radius 2 is 1.62 bits per heavy atom. The van der Waals surface area contributed by atoms with Crippen molar-refractivity contribution in [2.24, 2.45) is 0 Å². The van der Waals surface area contributed by atoms with E-state index in [4.69, 9.17) is 4.98 Å². The first kappa shape index (κ1) is 19.3. The second-order valence-electron chi connectivity index (χ2n) is 7.52. The van der Waals surface area contributed by atoms with Crippen LogP contribution in [-0.2, 0) is 4.79 Å². The summed E-state index contributed by atoms with van der Waals surface area (Å²) in [6, 6.07) is 11.5. The highest BCUT2D eigenvalue weighted by Crippen LogP contribution is 2.22. The zero-order chi connectivity index (χ0) is 20.2. The van der Waals surface area contributed by atoms with E-state index in [2.05, 4.69) is 21.8 Å². The Morgan fingerprint density at radius 3 is 2.28 bits per heavy atom. The molecular weight excluding hydrogens is 368 g/mol. The fourth-order valence-electron chi connectivity index (χ4n) is 3.65. The molecule has 0 unspecified atom stereocenters. The molecule has 2 fully saturated rings. The molecule has 0 saturated carbocycles. The van der Waals surface area contributed by atoms with Crippen LogP contribution in [0.3, 0.4) is 0 Å². The SMILES string of the molecule is CN1CCN(C(=O)c2cc(N3CCN(C=O)CC3)nc(-c3ccccc3)n2)CC1. The highest BCUT2D eigenvalue weighted by atomic mass is 16.2. The second-order valence-corrected chi connectivity index (χ2v) is 7.52. The molecule has 0 spiro atoms. The number of carbonyl (C=O) groups is 2. The van der Waals surface area contributed by atoms with Gasteiger partial charge in [-0.05, 0) is 7.05 Å². The van der Waals surface area contributed by atoms with Crippen LogP contribution in [0, 0.1) is 0 Å². The van der Waals surface area contributed by atoms with Crippen LogP contribution >= 0.6 is 0 Å². The molecule has 2 aromatic rings. The summed E-state index contributed by atoms with van der Waals surface area (Å²) in [5, 5.41) is 0. The van der Waals surface area contributed by atoms with Crippen molar-refractivity contribution < 1.29 is 9.59 Å². The first-order valence-corrected chi connectivity index (χ1v) is 10.0. The number of hydrogen-bond acceptors (Lipinski definition) is 6. The van der Waals surface area contributed by atoms with Gasteiger partial charge in [-0.1, -0.05) is 30.3 Å². The Kier molecular flexibility index (Phi) is 5.71. The summed E-state index contributed by atoms with van der Waals surface area (Å²) in [7, 11) is 2.07. The Labute approximate surface area is 170 Å². The number of carbonyl (C=O) groups excluding carboxylic acids is 2. The molecule has 152 valence electrons. The van der Waals surface area contributed by atoms with E-state index < -0.39 is 0 Å². The standard InChI is InChI=1S/C21H26N6O2/c1-24-7-11-27(12-8-24)21(29)18-15-19(26-13-9-25(16-28)10-14-26)23-20(22-18)17-5-3-2-4-6-17/h2-6,15-16H,7-14H2,1H3. The average Bonchev–Trinajstić information content (AvgIpc) is 2.79. The molecule has 0 radical (unpaired) electrons. The maximum Gasteiger partial charge on any atom is 0.272 e. The predicted octanol–water partition coefficient (Wildman–Crippen LogP) is 0.810. The van der Waals surface area contributed by atoms with E-state index in [1.165, 1.54) is 0 Å². The van der Waals surface area contributed by atoms with Gasteiger partial charge in [-0.3, -0.25) is 9.59 Å². The number of piperazine rings is 2. The molecule has 1 aromatic carbocycles. The smallest absolute Gasteiger partial charge is 0.272 e. The topological polar surface area (TPSA) is 72.9 Å². The summed E-state index contributed by atoms with van der Waals surface area (Å²) in [5.74, 6) is 1.24. The van der Waals surface area contributed by atoms with Crippen LogP contribution in [-0.4, -0.2) is 96.4 Å². The molecule has 4 rings (SSSR count). The van der Waals surface area contributed by atoms with Crippen molar-refractivity contribution in [1.82, 2.24) is 24.7 Å². The molecule has 0 bridgehead atoms. The molecule has 0 aliphatic carbocycles. The fraction of sp³-hybridized carbons (Fsp3) is 0.429. The number of rotatable bonds is 4. The first-order valence-electron chi connectivity index (χ1n) is 10.0. The van der Waals surface area contributed by atoms with Crippen molar-refractivity contribution in [3.8, 4) is 11.4 Å². The van der Waals surface area contributed by atoms with Crippen molar-refractivity contribution in [3.63, 3.8) is 0 Å². The number of likely N-dealkylation sites (N-methyl/N-ethyl adjacent to an activating group) is 1. The van der Waals surface area contributed by atoms with Crippen molar-refractivity contribution in [2.75, 3.05) is 64.3 Å². The minimum atomic E-state index is -0.0505. The number of anilines is 1. The lowest BCUT2D eigenvalue weighted by molar-refractivity contribution is -0.118. The maximum absolute atomic E-state index is 13.2. The van der Waals surface area contributed by atoms with E-state index in [-0.39, 0.29) is 5.91 Å². The average molecular weight is 394 g/mol. The van der Waals surface area contributed by atoms with E-state index in [1.54, 1.807) is 11.0 Å². The van der Waals surface area contributed by atoms with Gasteiger partial charge in [0.05, 0.1) is 0 Å². The second kappa shape index (κ2) is 8.57. The van der Waals surface area contributed by atoms with Crippen LogP contribution in [0.25, 0.3) is 11.4 Å². The summed E-state index contributed by atoms with van der Waals surface area (Å²) in [4.78, 5) is 41.5. The fourth-order valence-corrected chi connectivity index (χ4v) is 3.65. The largest absolute Gasteiger partial charge is 0.353 e. The molecule has 0 atom stereocenters. The van der Waals surface area contributed by atoms with Crippen LogP contribution in [0.2, 0.25) is 0 Å². The van der Waals surface area contributed by atoms with E-state index in [9.17, 15) is 9.59 Å². The van der Waals surface area contributed by atoms with Gasteiger partial charge in [0.1, 0.15) is 11.5 Å². The highest BCUT2D eigenvalue weighted by Gasteiger charge is 2.25. The van der Waals surface area contributed by atoms with Crippen LogP contribution in [0.5, 0.6) is 0 Å². The zero-order valence-electron chi connectivity index (χ0n) is 16.7. The van der Waals surface area contributed by atoms with E-state index in [1.807, 2.05) is 35.2 Å². The minimum Gasteiger partial charge on any atom is -0.353 e. The van der Waals surface area contributed by atoms with Gasteiger partial charge in [0.15, 0.2) is 5.82 Å². The molecule has 1 aromatic heterocycles. The molecule has 2 aliphatic rings. The van der Waals surface area contributed by atoms with Gasteiger partial charge in [0, 0.05) is 64.0 Å². The van der Waals surface area contributed by atoms with Gasteiger partial charge in [0.25, 0.3) is 5.91 Å². The van der Waals surface area contributed by atoms with Crippen molar-refractivity contribution >= 4 is 18.1 Å². The van der Waals surface area contributed by atoms with Gasteiger partial charge in [-0.25, -0.2) is 9.97 Å². The van der Waals surface area contributed by atoms with Gasteiger partial charge in [0.2, 0.25) is 6.41 Å². The molecule has 0 N–H and O–H groups in total. The Hall–Kier alpha value is -3.00. The Balaban J connectivity index is 1.65. The summed E-state index contributed by atoms with van der Waals surface area (Å²) in [6.07, 6.45) is 0.884. The van der Waals surface area contributed by atoms with Gasteiger partial charge < -0.3 is 19.6 Å². The molecule has 2 amide bonds. The highest BCUT2D eigenvalue weighted by molar-refractivity contribution is 5.93. The van der Waals surface area contributed by atoms with Crippen LogP contribution in [0.4, 0.5) is 5.82 Å². The predicted molar refractivity (Wildman–Crippen MR) is 111 cm³/mol. The lowest BCUT2D eigenvalue weighted by Crippen LogP contribution is -2.47. The third-order valence-electron chi connectivity index (χ3n) is 5.54. The number of benzene rings is 1. The summed E-state index contributed by atoms with van der Waals surface area (Å²) < 4.78 is 0. The van der Waals surface area contributed by atoms with Crippen LogP contribution < -0.4 is 4.90 Å². The number of amides is 2. The van der Waals surface area contributed by atoms with E-state index in [0.717, 1.165) is 30.9 Å². The van der Waals surface area contributed by atoms with Crippen LogP contribution in [0.1, 0.15) is 10.5 Å². The number of hydrogen-bond donors (Lipinski definition) is 0. The summed E-state index contributed by atoms with van der Waals surface area (Å²) >= 11 is 0. The lowest BCUT2D eigenvalue weighted by atomic mass is 10.2. The molecule has 8 nitrogen and oxygen atoms in total. The monoisotopic (exact) mass is 394 g/mol. The van der Waals surface area contributed by atoms with Gasteiger partial charge in [-0.2, -0.15) is 0 Å². The third kappa shape index (κ3) is 4.37. The van der Waals surface area contributed by atoms with E-state index in [0.29, 0.717) is 50.8 Å². The van der Waals surface area contributed by atoms with Crippen LogP contribution in [0.15, 0.2) is 36.4 Å². The van der Waals surface area contributed by atoms with Crippen molar-refractivity contribution in [2.45, 2.75) is 0 Å². The lowest BCUT2D eigenvalue weighted by Gasteiger charge is -2.34. The third-order valence-corrected chi connectivity index (χ3v) is 5.54. The maximum atomic E-state index is 13.2. The van der Waals surface area contributed by atoms with Gasteiger partial charge >= 0.3 is 0 Å². The quantitative estimate of drug-likeness (QED) is 0.715. The Bertz CT molecular complexity index is 859. The molecule has 29 heavy (non-hydrogen) atoms. The minimum absolute atomic E-state index is 0.0505. The molecule has 2 saturated heterocycles. The number of nitrogens with zero attached hydrogens (tertiary/aromatic N) is 6. The van der Waals surface area contributed by atoms with Gasteiger partial charge in [-0.15, -0.1) is 0 Å². The summed E-state index contributed by atoms with van der Waals surface area (Å²) in [6.45, 7) is 5.80. The zero-order valence-corrected chi connectivity index (χ0v) is 16.7. The molecular formula is C21H26N6O2. The summed E-state index contributed by atoms with van der Waals surface area (Å²) in [5.41, 5.74) is 1.31. The van der Waals surface area contributed by atoms with Crippen molar-refractivity contribution in [1.29, 1.82) is 0 Å². The van der Waals surface area contributed by atoms with Crippen molar-refractivity contribution in [3.05, 3.63) is 42.1 Å². The molecule has 3 heterocycles. The normalized spacial score (nSPS) is 18.0. The molecule has 8 heteroatoms.